The summed E-state index contributed by atoms with van der Waals surface area (Å²) >= 11 is 0. The summed E-state index contributed by atoms with van der Waals surface area (Å²) in [6.07, 6.45) is 1.53. The zero-order chi connectivity index (χ0) is 15.7. The second kappa shape index (κ2) is 5.48. The number of rotatable bonds is 3. The molecule has 22 heavy (non-hydrogen) atoms. The first-order valence-corrected chi connectivity index (χ1v) is 7.09. The average molecular weight is 291 g/mol. The van der Waals surface area contributed by atoms with Gasteiger partial charge >= 0.3 is 0 Å². The lowest BCUT2D eigenvalue weighted by Gasteiger charge is -2.06. The van der Waals surface area contributed by atoms with Gasteiger partial charge in [0.05, 0.1) is 17.4 Å². The molecule has 0 fully saturated rings. The molecule has 2 aromatic carbocycles. The van der Waals surface area contributed by atoms with Crippen LogP contribution in [0.5, 0.6) is 0 Å². The van der Waals surface area contributed by atoms with Gasteiger partial charge in [0.2, 0.25) is 0 Å². The van der Waals surface area contributed by atoms with Crippen molar-refractivity contribution in [3.05, 3.63) is 77.0 Å². The van der Waals surface area contributed by atoms with Crippen LogP contribution in [-0.4, -0.2) is 15.6 Å². The highest BCUT2D eigenvalue weighted by Gasteiger charge is 2.18. The first-order chi connectivity index (χ1) is 10.6. The van der Waals surface area contributed by atoms with Crippen molar-refractivity contribution in [2.45, 2.75) is 13.8 Å². The standard InChI is InChI=1S/C18H17N3O/c1-12-7-9-14(10-8-12)21-18(19)16(11-20-21)17(22)15-6-4-3-5-13(15)2/h3-11H,19H2,1-2H3. The lowest BCUT2D eigenvalue weighted by Crippen LogP contribution is -2.08. The van der Waals surface area contributed by atoms with Gasteiger partial charge in [0.15, 0.2) is 5.78 Å². The van der Waals surface area contributed by atoms with Gasteiger partial charge in [-0.3, -0.25) is 4.79 Å². The molecule has 0 aliphatic carbocycles. The van der Waals surface area contributed by atoms with Crippen molar-refractivity contribution in [1.82, 2.24) is 9.78 Å². The van der Waals surface area contributed by atoms with Crippen LogP contribution in [0, 0.1) is 13.8 Å². The number of ketones is 1. The van der Waals surface area contributed by atoms with Gasteiger partial charge in [-0.15, -0.1) is 0 Å². The minimum Gasteiger partial charge on any atom is -0.383 e. The van der Waals surface area contributed by atoms with Gasteiger partial charge in [-0.05, 0) is 31.5 Å². The third-order valence-electron chi connectivity index (χ3n) is 3.72. The second-order valence-corrected chi connectivity index (χ2v) is 5.33. The molecule has 4 nitrogen and oxygen atoms in total. The zero-order valence-electron chi connectivity index (χ0n) is 12.6. The highest BCUT2D eigenvalue weighted by Crippen LogP contribution is 2.21. The third-order valence-corrected chi connectivity index (χ3v) is 3.72. The maximum absolute atomic E-state index is 12.7. The molecule has 0 bridgehead atoms. The minimum absolute atomic E-state index is 0.103. The average Bonchev–Trinajstić information content (AvgIpc) is 2.90. The molecule has 0 aliphatic rings. The van der Waals surface area contributed by atoms with Crippen molar-refractivity contribution in [2.75, 3.05) is 5.73 Å². The summed E-state index contributed by atoms with van der Waals surface area (Å²) in [6.45, 7) is 3.93. The molecule has 2 N–H and O–H groups in total. The molecule has 1 heterocycles. The quantitative estimate of drug-likeness (QED) is 0.753. The fourth-order valence-electron chi connectivity index (χ4n) is 2.40. The molecule has 3 aromatic rings. The van der Waals surface area contributed by atoms with Crippen molar-refractivity contribution in [3.63, 3.8) is 0 Å². The van der Waals surface area contributed by atoms with Crippen LogP contribution >= 0.6 is 0 Å². The van der Waals surface area contributed by atoms with Crippen molar-refractivity contribution in [3.8, 4) is 5.69 Å². The molecular weight excluding hydrogens is 274 g/mol. The van der Waals surface area contributed by atoms with Gasteiger partial charge in [0.1, 0.15) is 5.82 Å². The lowest BCUT2D eigenvalue weighted by atomic mass is 10.0. The maximum atomic E-state index is 12.7. The number of benzene rings is 2. The Kier molecular flexibility index (Phi) is 3.51. The van der Waals surface area contributed by atoms with Crippen molar-refractivity contribution >= 4 is 11.6 Å². The van der Waals surface area contributed by atoms with E-state index < -0.39 is 0 Å². The van der Waals surface area contributed by atoms with Crippen LogP contribution in [-0.2, 0) is 0 Å². The summed E-state index contributed by atoms with van der Waals surface area (Å²) in [5.74, 6) is 0.256. The number of nitrogen functional groups attached to an aromatic ring is 1. The molecule has 0 atom stereocenters. The number of anilines is 1. The van der Waals surface area contributed by atoms with Gasteiger partial charge in [-0.2, -0.15) is 5.10 Å². The molecule has 0 unspecified atom stereocenters. The van der Waals surface area contributed by atoms with Crippen LogP contribution in [0.25, 0.3) is 5.69 Å². The molecule has 3 rings (SSSR count). The van der Waals surface area contributed by atoms with E-state index in [1.54, 1.807) is 10.7 Å². The van der Waals surface area contributed by atoms with E-state index in [9.17, 15) is 4.79 Å². The summed E-state index contributed by atoms with van der Waals surface area (Å²) in [5.41, 5.74) is 10.1. The zero-order valence-corrected chi connectivity index (χ0v) is 12.6. The third kappa shape index (κ3) is 2.39. The minimum atomic E-state index is -0.103. The highest BCUT2D eigenvalue weighted by atomic mass is 16.1. The first-order valence-electron chi connectivity index (χ1n) is 7.09. The summed E-state index contributed by atoms with van der Waals surface area (Å²) in [5, 5.41) is 4.26. The fraction of sp³-hybridized carbons (Fsp3) is 0.111. The SMILES string of the molecule is Cc1ccc(-n2ncc(C(=O)c3ccccc3C)c2N)cc1. The molecular formula is C18H17N3O. The number of nitrogens with two attached hydrogens (primary N) is 1. The monoisotopic (exact) mass is 291 g/mol. The fourth-order valence-corrected chi connectivity index (χ4v) is 2.40. The number of carbonyl (C=O) groups excluding carboxylic acids is 1. The Bertz CT molecular complexity index is 832. The van der Waals surface area contributed by atoms with E-state index in [-0.39, 0.29) is 5.78 Å². The molecule has 0 radical (unpaired) electrons. The second-order valence-electron chi connectivity index (χ2n) is 5.33. The predicted octanol–water partition coefficient (Wildman–Crippen LogP) is 3.30. The number of hydrogen-bond acceptors (Lipinski definition) is 3. The van der Waals surface area contributed by atoms with Gasteiger partial charge in [-0.25, -0.2) is 4.68 Å². The normalized spacial score (nSPS) is 10.6. The maximum Gasteiger partial charge on any atom is 0.198 e. The largest absolute Gasteiger partial charge is 0.383 e. The van der Waals surface area contributed by atoms with E-state index in [0.29, 0.717) is 16.9 Å². The summed E-state index contributed by atoms with van der Waals surface area (Å²) in [7, 11) is 0. The Labute approximate surface area is 129 Å². The van der Waals surface area contributed by atoms with E-state index in [2.05, 4.69) is 5.10 Å². The molecule has 1 aromatic heterocycles. The Balaban J connectivity index is 2.02. The van der Waals surface area contributed by atoms with Gasteiger partial charge < -0.3 is 5.73 Å². The van der Waals surface area contributed by atoms with E-state index in [0.717, 1.165) is 16.8 Å². The number of carbonyl (C=O) groups is 1. The Morgan fingerprint density at radius 3 is 2.36 bits per heavy atom. The first kappa shape index (κ1) is 14.1. The van der Waals surface area contributed by atoms with E-state index in [1.807, 2.05) is 56.3 Å². The Hall–Kier alpha value is -2.88. The van der Waals surface area contributed by atoms with E-state index >= 15 is 0 Å². The van der Waals surface area contributed by atoms with Crippen molar-refractivity contribution in [2.24, 2.45) is 0 Å². The van der Waals surface area contributed by atoms with Crippen LogP contribution in [0.3, 0.4) is 0 Å². The molecule has 0 aliphatic heterocycles. The number of hydrogen-bond donors (Lipinski definition) is 1. The van der Waals surface area contributed by atoms with Crippen LogP contribution in [0.4, 0.5) is 5.82 Å². The Morgan fingerprint density at radius 2 is 1.68 bits per heavy atom. The predicted molar refractivity (Wildman–Crippen MR) is 87.3 cm³/mol. The van der Waals surface area contributed by atoms with Crippen LogP contribution in [0.2, 0.25) is 0 Å². The number of aromatic nitrogens is 2. The van der Waals surface area contributed by atoms with Crippen molar-refractivity contribution in [1.29, 1.82) is 0 Å². The smallest absolute Gasteiger partial charge is 0.198 e. The molecule has 0 saturated heterocycles. The van der Waals surface area contributed by atoms with E-state index in [4.69, 9.17) is 5.73 Å². The van der Waals surface area contributed by atoms with Crippen LogP contribution in [0.1, 0.15) is 27.0 Å². The van der Waals surface area contributed by atoms with Gasteiger partial charge in [0.25, 0.3) is 0 Å². The molecule has 110 valence electrons. The summed E-state index contributed by atoms with van der Waals surface area (Å²) < 4.78 is 1.59. The van der Waals surface area contributed by atoms with Crippen LogP contribution in [0.15, 0.2) is 54.7 Å². The topological polar surface area (TPSA) is 60.9 Å². The molecule has 0 spiro atoms. The van der Waals surface area contributed by atoms with Gasteiger partial charge in [-0.1, -0.05) is 42.0 Å². The summed E-state index contributed by atoms with van der Waals surface area (Å²) in [6, 6.07) is 15.3. The lowest BCUT2D eigenvalue weighted by molar-refractivity contribution is 0.103. The van der Waals surface area contributed by atoms with E-state index in [1.165, 1.54) is 6.20 Å². The number of aryl methyl sites for hydroxylation is 2. The molecule has 0 amide bonds. The summed E-state index contributed by atoms with van der Waals surface area (Å²) in [4.78, 5) is 12.7. The molecule has 0 saturated carbocycles. The molecule has 4 heteroatoms. The van der Waals surface area contributed by atoms with Crippen molar-refractivity contribution < 1.29 is 4.79 Å². The number of nitrogens with zero attached hydrogens (tertiary/aromatic N) is 2. The highest BCUT2D eigenvalue weighted by molar-refractivity contribution is 6.12. The van der Waals surface area contributed by atoms with Gasteiger partial charge in [0, 0.05) is 5.56 Å². The Morgan fingerprint density at radius 1 is 1.00 bits per heavy atom. The van der Waals surface area contributed by atoms with Crippen LogP contribution < -0.4 is 5.73 Å².